The molecule has 7 heteroatoms. The van der Waals surface area contributed by atoms with Gasteiger partial charge in [0.25, 0.3) is 0 Å². The van der Waals surface area contributed by atoms with Crippen LogP contribution in [0.5, 0.6) is 5.75 Å². The Morgan fingerprint density at radius 3 is 2.37 bits per heavy atom. The van der Waals surface area contributed by atoms with Crippen molar-refractivity contribution in [3.8, 4) is 5.75 Å². The number of nitrogens with one attached hydrogen (secondary N) is 3. The molecule has 0 spiro atoms. The summed E-state index contributed by atoms with van der Waals surface area (Å²) in [5.74, 6) is 2.46. The van der Waals surface area contributed by atoms with E-state index in [9.17, 15) is 4.79 Å². The van der Waals surface area contributed by atoms with Crippen LogP contribution in [0, 0.1) is 5.41 Å². The molecule has 0 saturated carbocycles. The van der Waals surface area contributed by atoms with E-state index in [2.05, 4.69) is 33.1 Å². The molecule has 2 rings (SSSR count). The summed E-state index contributed by atoms with van der Waals surface area (Å²) < 4.78 is 10.6. The Labute approximate surface area is 179 Å². The number of methoxy groups -OCH3 is 1. The van der Waals surface area contributed by atoms with E-state index in [1.807, 2.05) is 45.0 Å². The van der Waals surface area contributed by atoms with Crippen LogP contribution in [0.25, 0.3) is 0 Å². The first kappa shape index (κ1) is 23.3. The van der Waals surface area contributed by atoms with E-state index in [4.69, 9.17) is 9.15 Å². The van der Waals surface area contributed by atoms with Crippen molar-refractivity contribution in [3.63, 3.8) is 0 Å². The van der Waals surface area contributed by atoms with Gasteiger partial charge in [0.2, 0.25) is 5.91 Å². The average molecular weight is 415 g/mol. The summed E-state index contributed by atoms with van der Waals surface area (Å²) in [5, 5.41) is 9.57. The fourth-order valence-electron chi connectivity index (χ4n) is 2.80. The zero-order valence-corrected chi connectivity index (χ0v) is 18.5. The van der Waals surface area contributed by atoms with E-state index < -0.39 is 5.41 Å². The number of furan rings is 1. The number of benzene rings is 1. The van der Waals surface area contributed by atoms with Gasteiger partial charge < -0.3 is 25.1 Å². The monoisotopic (exact) mass is 414 g/mol. The van der Waals surface area contributed by atoms with Crippen LogP contribution in [0.4, 0.5) is 0 Å². The molecule has 3 N–H and O–H groups in total. The zero-order chi connectivity index (χ0) is 21.8. The molecule has 1 aromatic heterocycles. The maximum Gasteiger partial charge on any atom is 0.227 e. The molecular weight excluding hydrogens is 380 g/mol. The van der Waals surface area contributed by atoms with Gasteiger partial charge >= 0.3 is 0 Å². The lowest BCUT2D eigenvalue weighted by Gasteiger charge is -2.22. The Morgan fingerprint density at radius 1 is 1.07 bits per heavy atom. The summed E-state index contributed by atoms with van der Waals surface area (Å²) in [7, 11) is 1.66. The predicted octanol–water partition coefficient (Wildman–Crippen LogP) is 2.77. The number of nitrogens with zero attached hydrogens (tertiary/aromatic N) is 1. The number of hydrogen-bond acceptors (Lipinski definition) is 4. The second kappa shape index (κ2) is 11.9. The van der Waals surface area contributed by atoms with Crippen LogP contribution >= 0.6 is 0 Å². The van der Waals surface area contributed by atoms with Crippen molar-refractivity contribution in [2.75, 3.05) is 33.3 Å². The van der Waals surface area contributed by atoms with Crippen LogP contribution < -0.4 is 20.7 Å². The van der Waals surface area contributed by atoms with Gasteiger partial charge in [0, 0.05) is 26.1 Å². The van der Waals surface area contributed by atoms with E-state index in [1.165, 1.54) is 5.56 Å². The van der Waals surface area contributed by atoms with Crippen molar-refractivity contribution in [3.05, 3.63) is 54.0 Å². The number of aliphatic imine (C=N–C) groups is 1. The van der Waals surface area contributed by atoms with Crippen LogP contribution in [0.1, 0.15) is 32.1 Å². The fourth-order valence-corrected chi connectivity index (χ4v) is 2.80. The number of carbonyl (C=O) groups is 1. The highest BCUT2D eigenvalue weighted by Gasteiger charge is 2.26. The zero-order valence-electron chi connectivity index (χ0n) is 18.5. The molecule has 1 amide bonds. The van der Waals surface area contributed by atoms with E-state index >= 15 is 0 Å². The molecule has 1 heterocycles. The fraction of sp³-hybridized carbons (Fsp3) is 0.478. The minimum Gasteiger partial charge on any atom is -0.497 e. The lowest BCUT2D eigenvalue weighted by Crippen LogP contribution is -2.42. The number of guanidine groups is 1. The molecule has 0 radical (unpaired) electrons. The summed E-state index contributed by atoms with van der Waals surface area (Å²) in [4.78, 5) is 16.9. The minimum atomic E-state index is -0.582. The highest BCUT2D eigenvalue weighted by molar-refractivity contribution is 5.83. The molecule has 2 aromatic rings. The summed E-state index contributed by atoms with van der Waals surface area (Å²) in [6.45, 7) is 8.12. The van der Waals surface area contributed by atoms with Gasteiger partial charge in [-0.15, -0.1) is 0 Å². The molecule has 0 fully saturated rings. The van der Waals surface area contributed by atoms with E-state index in [0.29, 0.717) is 25.6 Å². The average Bonchev–Trinajstić information content (AvgIpc) is 3.26. The van der Waals surface area contributed by atoms with Crippen molar-refractivity contribution in [1.82, 2.24) is 16.0 Å². The maximum absolute atomic E-state index is 12.3. The van der Waals surface area contributed by atoms with Crippen LogP contribution in [0.2, 0.25) is 0 Å². The quantitative estimate of drug-likeness (QED) is 0.389. The number of rotatable bonds is 11. The second-order valence-corrected chi connectivity index (χ2v) is 7.69. The van der Waals surface area contributed by atoms with E-state index in [0.717, 1.165) is 30.9 Å². The number of hydrogen-bond donors (Lipinski definition) is 3. The van der Waals surface area contributed by atoms with Crippen LogP contribution in [-0.4, -0.2) is 45.2 Å². The van der Waals surface area contributed by atoms with Crippen molar-refractivity contribution in [2.24, 2.45) is 10.4 Å². The Balaban J connectivity index is 1.93. The molecule has 0 atom stereocenters. The van der Waals surface area contributed by atoms with Crippen LogP contribution in [0.15, 0.2) is 52.1 Å². The van der Waals surface area contributed by atoms with Gasteiger partial charge in [-0.1, -0.05) is 12.1 Å². The molecular formula is C23H34N4O3. The van der Waals surface area contributed by atoms with Crippen molar-refractivity contribution in [2.45, 2.75) is 33.6 Å². The standard InChI is InChI=1S/C23H34N4O3/c1-5-24-21(28)23(2,3)17-27-22(26-15-13-20-7-6-16-30-20)25-14-12-18-8-10-19(29-4)11-9-18/h6-11,16H,5,12-15,17H2,1-4H3,(H,24,28)(H2,25,26,27). The molecule has 0 bridgehead atoms. The first-order chi connectivity index (χ1) is 14.4. The smallest absolute Gasteiger partial charge is 0.227 e. The van der Waals surface area contributed by atoms with Crippen LogP contribution in [0.3, 0.4) is 0 Å². The van der Waals surface area contributed by atoms with Crippen molar-refractivity contribution < 1.29 is 13.9 Å². The van der Waals surface area contributed by atoms with Gasteiger partial charge in [0.05, 0.1) is 25.3 Å². The first-order valence-corrected chi connectivity index (χ1v) is 10.4. The SMILES string of the molecule is CCNC(=O)C(C)(C)CN=C(NCCc1ccc(OC)cc1)NCCc1ccco1. The third-order valence-electron chi connectivity index (χ3n) is 4.69. The third kappa shape index (κ3) is 7.81. The van der Waals surface area contributed by atoms with Gasteiger partial charge in [-0.05, 0) is 57.0 Å². The molecule has 164 valence electrons. The second-order valence-electron chi connectivity index (χ2n) is 7.69. The molecule has 0 aliphatic rings. The third-order valence-corrected chi connectivity index (χ3v) is 4.69. The van der Waals surface area contributed by atoms with Gasteiger partial charge in [0.15, 0.2) is 5.96 Å². The summed E-state index contributed by atoms with van der Waals surface area (Å²) in [6, 6.07) is 11.9. The van der Waals surface area contributed by atoms with Gasteiger partial charge in [0.1, 0.15) is 11.5 Å². The Hall–Kier alpha value is -2.96. The molecule has 0 unspecified atom stereocenters. The maximum atomic E-state index is 12.3. The lowest BCUT2D eigenvalue weighted by atomic mass is 9.92. The summed E-state index contributed by atoms with van der Waals surface area (Å²) in [5.41, 5.74) is 0.627. The number of amides is 1. The van der Waals surface area contributed by atoms with Crippen molar-refractivity contribution in [1.29, 1.82) is 0 Å². The molecule has 30 heavy (non-hydrogen) atoms. The van der Waals surface area contributed by atoms with Crippen LogP contribution in [-0.2, 0) is 17.6 Å². The predicted molar refractivity (Wildman–Crippen MR) is 120 cm³/mol. The highest BCUT2D eigenvalue weighted by atomic mass is 16.5. The van der Waals surface area contributed by atoms with Crippen molar-refractivity contribution >= 4 is 11.9 Å². The highest BCUT2D eigenvalue weighted by Crippen LogP contribution is 2.15. The Bertz CT molecular complexity index is 783. The lowest BCUT2D eigenvalue weighted by molar-refractivity contribution is -0.128. The number of carbonyl (C=O) groups excluding carboxylic acids is 1. The van der Waals surface area contributed by atoms with E-state index in [1.54, 1.807) is 13.4 Å². The minimum absolute atomic E-state index is 0.00178. The molecule has 1 aromatic carbocycles. The summed E-state index contributed by atoms with van der Waals surface area (Å²) >= 11 is 0. The molecule has 0 aliphatic heterocycles. The number of ether oxygens (including phenoxy) is 1. The molecule has 7 nitrogen and oxygen atoms in total. The largest absolute Gasteiger partial charge is 0.497 e. The Kier molecular flexibility index (Phi) is 9.25. The van der Waals surface area contributed by atoms with Gasteiger partial charge in [-0.2, -0.15) is 0 Å². The van der Waals surface area contributed by atoms with Gasteiger partial charge in [-0.25, -0.2) is 0 Å². The molecule has 0 aliphatic carbocycles. The normalized spacial score (nSPS) is 11.8. The molecule has 0 saturated heterocycles. The van der Waals surface area contributed by atoms with Gasteiger partial charge in [-0.3, -0.25) is 9.79 Å². The topological polar surface area (TPSA) is 87.9 Å². The summed E-state index contributed by atoms with van der Waals surface area (Å²) in [6.07, 6.45) is 3.28. The van der Waals surface area contributed by atoms with E-state index in [-0.39, 0.29) is 5.91 Å². The first-order valence-electron chi connectivity index (χ1n) is 10.4. The Morgan fingerprint density at radius 2 is 1.77 bits per heavy atom.